The highest BCUT2D eigenvalue weighted by molar-refractivity contribution is 4.54. The molecule has 0 bridgehead atoms. The third kappa shape index (κ3) is 7.82. The third-order valence-electron chi connectivity index (χ3n) is 1.85. The van der Waals surface area contributed by atoms with Crippen molar-refractivity contribution in [1.29, 1.82) is 0 Å². The van der Waals surface area contributed by atoms with Crippen molar-refractivity contribution in [2.24, 2.45) is 5.92 Å². The maximum absolute atomic E-state index is 4.97. The largest absolute Gasteiger partial charge is 0.385 e. The van der Waals surface area contributed by atoms with Crippen molar-refractivity contribution in [2.45, 2.75) is 26.2 Å². The lowest BCUT2D eigenvalue weighted by Crippen LogP contribution is -2.16. The minimum absolute atomic E-state index is 0.803. The fraction of sp³-hybridized carbons (Fsp3) is 1.00. The van der Waals surface area contributed by atoms with E-state index < -0.39 is 0 Å². The van der Waals surface area contributed by atoms with E-state index >= 15 is 0 Å². The molecular formula is C9H21NO. The van der Waals surface area contributed by atoms with Crippen molar-refractivity contribution in [2.75, 3.05) is 27.3 Å². The minimum atomic E-state index is 0.803. The average Bonchev–Trinajstić information content (AvgIpc) is 1.99. The van der Waals surface area contributed by atoms with Gasteiger partial charge >= 0.3 is 0 Å². The van der Waals surface area contributed by atoms with E-state index in [0.717, 1.165) is 19.1 Å². The smallest absolute Gasteiger partial charge is 0.0462 e. The van der Waals surface area contributed by atoms with Crippen molar-refractivity contribution in [3.05, 3.63) is 0 Å². The molecule has 0 aromatic rings. The van der Waals surface area contributed by atoms with Crippen molar-refractivity contribution in [1.82, 2.24) is 5.32 Å². The number of rotatable bonds is 7. The zero-order chi connectivity index (χ0) is 8.53. The van der Waals surface area contributed by atoms with Gasteiger partial charge in [-0.15, -0.1) is 0 Å². The highest BCUT2D eigenvalue weighted by Crippen LogP contribution is 2.05. The molecule has 1 unspecified atom stereocenters. The van der Waals surface area contributed by atoms with Gasteiger partial charge in [0.2, 0.25) is 0 Å². The number of unbranched alkanes of at least 4 members (excludes halogenated alkanes) is 1. The number of ether oxygens (including phenoxy) is 1. The summed E-state index contributed by atoms with van der Waals surface area (Å²) >= 11 is 0. The van der Waals surface area contributed by atoms with Gasteiger partial charge in [0.15, 0.2) is 0 Å². The van der Waals surface area contributed by atoms with Gasteiger partial charge in [-0.1, -0.05) is 13.3 Å². The maximum Gasteiger partial charge on any atom is 0.0462 e. The first-order valence-electron chi connectivity index (χ1n) is 4.44. The summed E-state index contributed by atoms with van der Waals surface area (Å²) in [7, 11) is 3.77. The summed E-state index contributed by atoms with van der Waals surface area (Å²) in [5.41, 5.74) is 0. The lowest BCUT2D eigenvalue weighted by Gasteiger charge is -2.09. The van der Waals surface area contributed by atoms with Crippen molar-refractivity contribution < 1.29 is 4.74 Å². The molecule has 0 aliphatic rings. The molecule has 0 saturated carbocycles. The Bertz CT molecular complexity index is 76.0. The number of hydrogen-bond acceptors (Lipinski definition) is 2. The van der Waals surface area contributed by atoms with Crippen molar-refractivity contribution in [3.63, 3.8) is 0 Å². The van der Waals surface area contributed by atoms with E-state index in [9.17, 15) is 0 Å². The molecule has 11 heavy (non-hydrogen) atoms. The second kappa shape index (κ2) is 8.02. The van der Waals surface area contributed by atoms with E-state index in [1.54, 1.807) is 7.11 Å². The van der Waals surface area contributed by atoms with Gasteiger partial charge in [-0.2, -0.15) is 0 Å². The molecule has 68 valence electrons. The normalized spacial score (nSPS) is 13.4. The fourth-order valence-corrected chi connectivity index (χ4v) is 1.19. The minimum Gasteiger partial charge on any atom is -0.385 e. The summed E-state index contributed by atoms with van der Waals surface area (Å²) in [6.07, 6.45) is 3.80. The van der Waals surface area contributed by atoms with Gasteiger partial charge < -0.3 is 10.1 Å². The molecule has 0 aromatic heterocycles. The van der Waals surface area contributed by atoms with Crippen LogP contribution in [0.25, 0.3) is 0 Å². The third-order valence-corrected chi connectivity index (χ3v) is 1.85. The fourth-order valence-electron chi connectivity index (χ4n) is 1.19. The monoisotopic (exact) mass is 159 g/mol. The molecule has 0 rings (SSSR count). The Hall–Kier alpha value is -0.0800. The quantitative estimate of drug-likeness (QED) is 0.570. The van der Waals surface area contributed by atoms with Gasteiger partial charge in [-0.25, -0.2) is 0 Å². The van der Waals surface area contributed by atoms with Gasteiger partial charge in [0, 0.05) is 13.7 Å². The maximum atomic E-state index is 4.97. The molecule has 0 saturated heterocycles. The number of hydrogen-bond donors (Lipinski definition) is 1. The van der Waals surface area contributed by atoms with E-state index in [2.05, 4.69) is 12.2 Å². The lowest BCUT2D eigenvalue weighted by molar-refractivity contribution is 0.190. The van der Waals surface area contributed by atoms with Crippen LogP contribution >= 0.6 is 0 Å². The highest BCUT2D eigenvalue weighted by Gasteiger charge is 1.98. The summed E-state index contributed by atoms with van der Waals surface area (Å²) in [6.45, 7) is 4.32. The molecule has 2 nitrogen and oxygen atoms in total. The van der Waals surface area contributed by atoms with Crippen LogP contribution in [0.4, 0.5) is 0 Å². The van der Waals surface area contributed by atoms with Gasteiger partial charge in [-0.05, 0) is 32.4 Å². The summed E-state index contributed by atoms with van der Waals surface area (Å²) in [5, 5.41) is 3.18. The summed E-state index contributed by atoms with van der Waals surface area (Å²) in [4.78, 5) is 0. The van der Waals surface area contributed by atoms with Gasteiger partial charge in [0.1, 0.15) is 0 Å². The predicted molar refractivity (Wildman–Crippen MR) is 48.8 cm³/mol. The Kier molecular flexibility index (Phi) is 7.96. The van der Waals surface area contributed by atoms with E-state index in [1.807, 2.05) is 7.05 Å². The Morgan fingerprint density at radius 1 is 1.36 bits per heavy atom. The second-order valence-corrected chi connectivity index (χ2v) is 3.15. The van der Waals surface area contributed by atoms with Crippen LogP contribution in [0, 0.1) is 5.92 Å². The van der Waals surface area contributed by atoms with Crippen molar-refractivity contribution in [3.8, 4) is 0 Å². The molecular weight excluding hydrogens is 138 g/mol. The van der Waals surface area contributed by atoms with Gasteiger partial charge in [0.25, 0.3) is 0 Å². The Labute approximate surface area is 70.3 Å². The van der Waals surface area contributed by atoms with Crippen molar-refractivity contribution >= 4 is 0 Å². The molecule has 0 fully saturated rings. The Balaban J connectivity index is 2.97. The van der Waals surface area contributed by atoms with Crippen LogP contribution in [0.5, 0.6) is 0 Å². The van der Waals surface area contributed by atoms with E-state index in [0.29, 0.717) is 0 Å². The molecule has 2 heteroatoms. The van der Waals surface area contributed by atoms with Crippen LogP contribution in [-0.2, 0) is 4.74 Å². The summed E-state index contributed by atoms with van der Waals surface area (Å²) < 4.78 is 4.97. The number of methoxy groups -OCH3 is 1. The summed E-state index contributed by atoms with van der Waals surface area (Å²) in [5.74, 6) is 0.803. The van der Waals surface area contributed by atoms with E-state index in [-0.39, 0.29) is 0 Å². The first kappa shape index (κ1) is 10.9. The molecule has 0 aliphatic carbocycles. The molecule has 1 atom stereocenters. The van der Waals surface area contributed by atoms with Crippen LogP contribution in [0.2, 0.25) is 0 Å². The molecule has 1 N–H and O–H groups in total. The molecule has 0 aromatic carbocycles. The van der Waals surface area contributed by atoms with Crippen LogP contribution in [-0.4, -0.2) is 27.3 Å². The molecule has 0 spiro atoms. The standard InChI is InChI=1S/C9H21NO/c1-9(8-10-2)6-4-5-7-11-3/h9-10H,4-8H2,1-3H3. The molecule has 0 radical (unpaired) electrons. The zero-order valence-corrected chi connectivity index (χ0v) is 8.02. The van der Waals surface area contributed by atoms with E-state index in [4.69, 9.17) is 4.74 Å². The Morgan fingerprint density at radius 2 is 2.09 bits per heavy atom. The zero-order valence-electron chi connectivity index (χ0n) is 8.02. The first-order chi connectivity index (χ1) is 5.31. The molecule has 0 heterocycles. The topological polar surface area (TPSA) is 21.3 Å². The van der Waals surface area contributed by atoms with Crippen LogP contribution in [0.3, 0.4) is 0 Å². The molecule has 0 aliphatic heterocycles. The highest BCUT2D eigenvalue weighted by atomic mass is 16.5. The van der Waals surface area contributed by atoms with E-state index in [1.165, 1.54) is 19.3 Å². The van der Waals surface area contributed by atoms with Gasteiger partial charge in [-0.3, -0.25) is 0 Å². The summed E-state index contributed by atoms with van der Waals surface area (Å²) in [6, 6.07) is 0. The Morgan fingerprint density at radius 3 is 2.64 bits per heavy atom. The van der Waals surface area contributed by atoms with Crippen LogP contribution < -0.4 is 5.32 Å². The average molecular weight is 159 g/mol. The van der Waals surface area contributed by atoms with Gasteiger partial charge in [0.05, 0.1) is 0 Å². The molecule has 0 amide bonds. The SMILES string of the molecule is CNCC(C)CCCCOC. The van der Waals surface area contributed by atoms with Crippen LogP contribution in [0.1, 0.15) is 26.2 Å². The second-order valence-electron chi connectivity index (χ2n) is 3.15. The van der Waals surface area contributed by atoms with Crippen LogP contribution in [0.15, 0.2) is 0 Å². The lowest BCUT2D eigenvalue weighted by atomic mass is 10.0. The predicted octanol–water partition coefficient (Wildman–Crippen LogP) is 1.66. The first-order valence-corrected chi connectivity index (χ1v) is 4.44. The number of nitrogens with one attached hydrogen (secondary N) is 1.